The number of aliphatic hydroxyl groups excluding tert-OH is 1. The summed E-state index contributed by atoms with van der Waals surface area (Å²) in [5.74, 6) is 1.19. The van der Waals surface area contributed by atoms with E-state index in [1.54, 1.807) is 12.1 Å². The second-order valence-corrected chi connectivity index (χ2v) is 6.50. The Morgan fingerprint density at radius 2 is 1.70 bits per heavy atom. The number of hydrogen-bond acceptors (Lipinski definition) is 2. The van der Waals surface area contributed by atoms with Crippen LogP contribution in [0.15, 0.2) is 24.3 Å². The van der Waals surface area contributed by atoms with Crippen LogP contribution in [0, 0.1) is 11.7 Å². The number of aliphatic hydroxyl groups is 1. The van der Waals surface area contributed by atoms with E-state index in [-0.39, 0.29) is 11.9 Å². The van der Waals surface area contributed by atoms with Crippen LogP contribution in [0.25, 0.3) is 0 Å². The number of halogens is 1. The molecule has 3 rings (SSSR count). The molecule has 0 aliphatic heterocycles. The lowest BCUT2D eigenvalue weighted by Crippen LogP contribution is -2.42. The molecular formula is C17H24FNO. The minimum Gasteiger partial charge on any atom is -0.393 e. The Balaban J connectivity index is 1.37. The van der Waals surface area contributed by atoms with Gasteiger partial charge in [0.05, 0.1) is 6.10 Å². The first-order valence-electron chi connectivity index (χ1n) is 7.87. The fraction of sp³-hybridized carbons (Fsp3) is 0.647. The van der Waals surface area contributed by atoms with E-state index in [9.17, 15) is 9.50 Å². The minimum absolute atomic E-state index is 0.0576. The second kappa shape index (κ2) is 6.23. The molecule has 0 heterocycles. The zero-order valence-electron chi connectivity index (χ0n) is 11.9. The zero-order chi connectivity index (χ0) is 13.9. The van der Waals surface area contributed by atoms with Gasteiger partial charge in [0.25, 0.3) is 0 Å². The summed E-state index contributed by atoms with van der Waals surface area (Å²) < 4.78 is 12.9. The van der Waals surface area contributed by atoms with Crippen LogP contribution in [-0.4, -0.2) is 23.8 Å². The maximum atomic E-state index is 12.9. The highest BCUT2D eigenvalue weighted by molar-refractivity contribution is 5.23. The molecule has 3 heteroatoms. The van der Waals surface area contributed by atoms with Crippen LogP contribution in [0.3, 0.4) is 0 Å². The normalized spacial score (nSPS) is 33.7. The van der Waals surface area contributed by atoms with Crippen LogP contribution < -0.4 is 5.32 Å². The highest BCUT2D eigenvalue weighted by Gasteiger charge is 2.30. The summed E-state index contributed by atoms with van der Waals surface area (Å²) in [6, 6.07) is 7.57. The van der Waals surface area contributed by atoms with Gasteiger partial charge < -0.3 is 10.4 Å². The van der Waals surface area contributed by atoms with E-state index in [2.05, 4.69) is 5.32 Å². The Labute approximate surface area is 120 Å². The molecular weight excluding hydrogens is 253 g/mol. The largest absolute Gasteiger partial charge is 0.393 e. The number of benzene rings is 1. The Bertz CT molecular complexity index is 419. The summed E-state index contributed by atoms with van der Waals surface area (Å²) in [6.07, 6.45) is 6.52. The van der Waals surface area contributed by atoms with Gasteiger partial charge in [0.2, 0.25) is 0 Å². The third kappa shape index (κ3) is 3.39. The van der Waals surface area contributed by atoms with Gasteiger partial charge in [0, 0.05) is 6.04 Å². The molecule has 20 heavy (non-hydrogen) atoms. The molecule has 110 valence electrons. The topological polar surface area (TPSA) is 32.3 Å². The average molecular weight is 277 g/mol. The van der Waals surface area contributed by atoms with Crippen LogP contribution in [0.4, 0.5) is 4.39 Å². The molecule has 0 spiro atoms. The standard InChI is InChI=1S/C17H24FNO/c18-15-5-3-13(4-6-15)14-9-16(10-14)19-11-12-1-7-17(20)8-2-12/h3-6,12,14,16-17,19-20H,1-2,7-11H2. The molecule has 2 fully saturated rings. The summed E-state index contributed by atoms with van der Waals surface area (Å²) in [5, 5.41) is 13.2. The van der Waals surface area contributed by atoms with E-state index in [1.807, 2.05) is 12.1 Å². The molecule has 2 saturated carbocycles. The van der Waals surface area contributed by atoms with Crippen molar-refractivity contribution in [3.05, 3.63) is 35.6 Å². The molecule has 0 radical (unpaired) electrons. The fourth-order valence-corrected chi connectivity index (χ4v) is 3.47. The monoisotopic (exact) mass is 277 g/mol. The first-order chi connectivity index (χ1) is 9.70. The van der Waals surface area contributed by atoms with Gasteiger partial charge in [0.1, 0.15) is 5.82 Å². The minimum atomic E-state index is -0.151. The van der Waals surface area contributed by atoms with Gasteiger partial charge >= 0.3 is 0 Å². The van der Waals surface area contributed by atoms with Gasteiger partial charge in [-0.25, -0.2) is 4.39 Å². The van der Waals surface area contributed by atoms with Crippen molar-refractivity contribution in [1.82, 2.24) is 5.32 Å². The average Bonchev–Trinajstić information content (AvgIpc) is 2.41. The predicted octanol–water partition coefficient (Wildman–Crippen LogP) is 3.21. The highest BCUT2D eigenvalue weighted by atomic mass is 19.1. The third-order valence-electron chi connectivity index (χ3n) is 4.99. The zero-order valence-corrected chi connectivity index (χ0v) is 11.9. The van der Waals surface area contributed by atoms with Crippen molar-refractivity contribution in [2.24, 2.45) is 5.92 Å². The molecule has 2 aliphatic carbocycles. The van der Waals surface area contributed by atoms with Gasteiger partial charge in [-0.2, -0.15) is 0 Å². The van der Waals surface area contributed by atoms with Crippen LogP contribution in [0.5, 0.6) is 0 Å². The fourth-order valence-electron chi connectivity index (χ4n) is 3.47. The molecule has 0 bridgehead atoms. The molecule has 2 aliphatic rings. The summed E-state index contributed by atoms with van der Waals surface area (Å²) in [5.41, 5.74) is 1.27. The van der Waals surface area contributed by atoms with E-state index in [1.165, 1.54) is 18.4 Å². The van der Waals surface area contributed by atoms with Gasteiger partial charge in [-0.05, 0) is 74.6 Å². The number of nitrogens with one attached hydrogen (secondary N) is 1. The van der Waals surface area contributed by atoms with E-state index in [0.717, 1.165) is 38.1 Å². The van der Waals surface area contributed by atoms with Crippen molar-refractivity contribution in [1.29, 1.82) is 0 Å². The van der Waals surface area contributed by atoms with E-state index in [0.29, 0.717) is 12.0 Å². The number of hydrogen-bond donors (Lipinski definition) is 2. The van der Waals surface area contributed by atoms with E-state index >= 15 is 0 Å². The Morgan fingerprint density at radius 1 is 1.05 bits per heavy atom. The molecule has 1 aromatic carbocycles. The maximum Gasteiger partial charge on any atom is 0.123 e. The Kier molecular flexibility index (Phi) is 4.37. The number of rotatable bonds is 4. The molecule has 1 aromatic rings. The Morgan fingerprint density at radius 3 is 2.35 bits per heavy atom. The van der Waals surface area contributed by atoms with Gasteiger partial charge in [-0.15, -0.1) is 0 Å². The molecule has 0 saturated heterocycles. The van der Waals surface area contributed by atoms with Crippen molar-refractivity contribution in [3.63, 3.8) is 0 Å². The predicted molar refractivity (Wildman–Crippen MR) is 78.1 cm³/mol. The maximum absolute atomic E-state index is 12.9. The van der Waals surface area contributed by atoms with E-state index in [4.69, 9.17) is 0 Å². The SMILES string of the molecule is OC1CCC(CNC2CC(c3ccc(F)cc3)C2)CC1. The van der Waals surface area contributed by atoms with Gasteiger partial charge in [0.15, 0.2) is 0 Å². The van der Waals surface area contributed by atoms with Crippen molar-refractivity contribution < 1.29 is 9.50 Å². The highest BCUT2D eigenvalue weighted by Crippen LogP contribution is 2.37. The molecule has 0 unspecified atom stereocenters. The van der Waals surface area contributed by atoms with Gasteiger partial charge in [-0.1, -0.05) is 12.1 Å². The van der Waals surface area contributed by atoms with Crippen molar-refractivity contribution in [3.8, 4) is 0 Å². The molecule has 2 nitrogen and oxygen atoms in total. The van der Waals surface area contributed by atoms with Crippen molar-refractivity contribution in [2.75, 3.05) is 6.54 Å². The van der Waals surface area contributed by atoms with Crippen LogP contribution in [0.1, 0.15) is 50.0 Å². The lowest BCUT2D eigenvalue weighted by molar-refractivity contribution is 0.106. The van der Waals surface area contributed by atoms with Crippen LogP contribution >= 0.6 is 0 Å². The lowest BCUT2D eigenvalue weighted by Gasteiger charge is -2.38. The quantitative estimate of drug-likeness (QED) is 0.885. The first kappa shape index (κ1) is 14.0. The summed E-state index contributed by atoms with van der Waals surface area (Å²) in [7, 11) is 0. The summed E-state index contributed by atoms with van der Waals surface area (Å²) in [4.78, 5) is 0. The van der Waals surface area contributed by atoms with Gasteiger partial charge in [-0.3, -0.25) is 0 Å². The first-order valence-corrected chi connectivity index (χ1v) is 7.87. The second-order valence-electron chi connectivity index (χ2n) is 6.50. The smallest absolute Gasteiger partial charge is 0.123 e. The van der Waals surface area contributed by atoms with E-state index < -0.39 is 0 Å². The molecule has 0 atom stereocenters. The molecule has 0 amide bonds. The van der Waals surface area contributed by atoms with Crippen LogP contribution in [-0.2, 0) is 0 Å². The summed E-state index contributed by atoms with van der Waals surface area (Å²) >= 11 is 0. The lowest BCUT2D eigenvalue weighted by atomic mass is 9.75. The van der Waals surface area contributed by atoms with Crippen molar-refractivity contribution in [2.45, 2.75) is 56.6 Å². The summed E-state index contributed by atoms with van der Waals surface area (Å²) in [6.45, 7) is 1.09. The molecule has 0 aromatic heterocycles. The molecule has 2 N–H and O–H groups in total. The van der Waals surface area contributed by atoms with Crippen molar-refractivity contribution >= 4 is 0 Å². The Hall–Kier alpha value is -0.930. The third-order valence-corrected chi connectivity index (χ3v) is 4.99. The van der Waals surface area contributed by atoms with Crippen LogP contribution in [0.2, 0.25) is 0 Å².